The molecule has 13 heteroatoms. The average Bonchev–Trinajstić information content (AvgIpc) is 3.28. The van der Waals surface area contributed by atoms with Gasteiger partial charge in [-0.25, -0.2) is 9.67 Å². The Morgan fingerprint density at radius 2 is 2.00 bits per heavy atom. The highest BCUT2D eigenvalue weighted by Gasteiger charge is 2.45. The monoisotopic (exact) mass is 585 g/mol. The molecule has 0 bridgehead atoms. The Labute approximate surface area is 234 Å². The summed E-state index contributed by atoms with van der Waals surface area (Å²) in [6, 6.07) is 6.18. The molecular weight excluding hydrogens is 558 g/mol. The first-order valence-electron chi connectivity index (χ1n) is 12.0. The number of aryl methyl sites for hydroxylation is 2. The molecule has 1 aliphatic rings. The predicted molar refractivity (Wildman–Crippen MR) is 142 cm³/mol. The molecule has 2 aromatic heterocycles. The maximum absolute atomic E-state index is 14.4. The van der Waals surface area contributed by atoms with E-state index in [2.05, 4.69) is 15.1 Å². The van der Waals surface area contributed by atoms with E-state index in [-0.39, 0.29) is 46.3 Å². The van der Waals surface area contributed by atoms with Crippen LogP contribution in [0.15, 0.2) is 42.6 Å². The molecule has 0 fully saturated rings. The number of carboxylic acids is 1. The van der Waals surface area contributed by atoms with Crippen LogP contribution in [0.2, 0.25) is 5.02 Å². The number of alkyl halides is 3. The molecule has 0 saturated heterocycles. The zero-order chi connectivity index (χ0) is 27.6. The minimum atomic E-state index is -4.77. The van der Waals surface area contributed by atoms with Crippen LogP contribution in [0.3, 0.4) is 0 Å². The van der Waals surface area contributed by atoms with Gasteiger partial charge in [-0.05, 0) is 69.2 Å². The molecule has 0 amide bonds. The van der Waals surface area contributed by atoms with Gasteiger partial charge >= 0.3 is 12.1 Å². The summed E-state index contributed by atoms with van der Waals surface area (Å²) >= 11 is 6.11. The topological polar surface area (TPSA) is 116 Å². The second-order valence-corrected chi connectivity index (χ2v) is 9.77. The number of benzene rings is 1. The fraction of sp³-hybridized carbons (Fsp3) is 0.385. The number of ether oxygens (including phenoxy) is 1. The van der Waals surface area contributed by atoms with Gasteiger partial charge in [0, 0.05) is 22.8 Å². The van der Waals surface area contributed by atoms with Crippen LogP contribution < -0.4 is 10.5 Å². The van der Waals surface area contributed by atoms with E-state index in [4.69, 9.17) is 27.2 Å². The number of nitrogens with zero attached hydrogens (tertiary/aromatic N) is 4. The summed E-state index contributed by atoms with van der Waals surface area (Å²) in [6.07, 6.45) is -1.43. The maximum Gasteiger partial charge on any atom is 0.429 e. The number of carboxylic acid groups (broad SMARTS) is 1. The van der Waals surface area contributed by atoms with E-state index in [0.29, 0.717) is 37.1 Å². The number of aliphatic carboxylic acids is 1. The Morgan fingerprint density at radius 3 is 2.59 bits per heavy atom. The molecule has 3 unspecified atom stereocenters. The molecule has 0 saturated carbocycles. The van der Waals surface area contributed by atoms with Crippen molar-refractivity contribution in [1.82, 2.24) is 19.7 Å². The molecule has 0 spiro atoms. The number of allylic oxidation sites excluding steroid dienone is 2. The van der Waals surface area contributed by atoms with Gasteiger partial charge in [0.05, 0.1) is 17.1 Å². The lowest BCUT2D eigenvalue weighted by molar-refractivity contribution is -0.198. The molecular formula is C26H28Cl2F3N5O3. The largest absolute Gasteiger partial charge is 0.480 e. The van der Waals surface area contributed by atoms with Crippen molar-refractivity contribution in [1.29, 1.82) is 0 Å². The Balaban J connectivity index is 0.00000420. The van der Waals surface area contributed by atoms with Crippen molar-refractivity contribution in [3.63, 3.8) is 0 Å². The van der Waals surface area contributed by atoms with Crippen LogP contribution in [0.4, 0.5) is 13.2 Å². The lowest BCUT2D eigenvalue weighted by atomic mass is 9.84. The van der Waals surface area contributed by atoms with Crippen molar-refractivity contribution in [2.45, 2.75) is 57.9 Å². The van der Waals surface area contributed by atoms with Crippen LogP contribution in [0.5, 0.6) is 5.88 Å². The third-order valence-corrected chi connectivity index (χ3v) is 6.58. The molecule has 39 heavy (non-hydrogen) atoms. The molecule has 3 atom stereocenters. The van der Waals surface area contributed by atoms with Gasteiger partial charge in [0.15, 0.2) is 0 Å². The van der Waals surface area contributed by atoms with E-state index in [1.807, 2.05) is 6.08 Å². The van der Waals surface area contributed by atoms with Crippen molar-refractivity contribution in [3.8, 4) is 11.6 Å². The third kappa shape index (κ3) is 7.49. The standard InChI is InChI=1S/C26H27ClF3N5O3.ClH/c1-14-9-10-35(34-14)22-12-18(27)7-8-19(22)24(26(28,29)30)38-23-13-21(32-15(2)33-23)17-5-3-16(4-6-17)11-20(31)25(36)37;/h5,7-10,12-13,16,20,24H,3-4,6,11,31H2,1-2H3,(H,36,37);1H. The summed E-state index contributed by atoms with van der Waals surface area (Å²) in [5, 5.41) is 13.5. The first kappa shape index (κ1) is 30.4. The zero-order valence-electron chi connectivity index (χ0n) is 21.2. The van der Waals surface area contributed by atoms with Gasteiger partial charge in [-0.15, -0.1) is 12.4 Å². The minimum absolute atomic E-state index is 0. The Hall–Kier alpha value is -3.15. The van der Waals surface area contributed by atoms with Crippen molar-refractivity contribution < 1.29 is 27.8 Å². The van der Waals surface area contributed by atoms with Gasteiger partial charge in [-0.2, -0.15) is 23.3 Å². The van der Waals surface area contributed by atoms with Gasteiger partial charge in [-0.1, -0.05) is 23.7 Å². The van der Waals surface area contributed by atoms with E-state index in [9.17, 15) is 18.0 Å². The van der Waals surface area contributed by atoms with Crippen molar-refractivity contribution in [3.05, 3.63) is 70.4 Å². The first-order chi connectivity index (χ1) is 17.9. The highest BCUT2D eigenvalue weighted by molar-refractivity contribution is 6.30. The van der Waals surface area contributed by atoms with Crippen LogP contribution in [0.1, 0.15) is 54.6 Å². The van der Waals surface area contributed by atoms with Crippen molar-refractivity contribution in [2.24, 2.45) is 11.7 Å². The van der Waals surface area contributed by atoms with Crippen LogP contribution in [-0.4, -0.2) is 43.0 Å². The number of carbonyl (C=O) groups is 1. The van der Waals surface area contributed by atoms with Crippen LogP contribution in [0, 0.1) is 19.8 Å². The number of hydrogen-bond acceptors (Lipinski definition) is 6. The summed E-state index contributed by atoms with van der Waals surface area (Å²) in [4.78, 5) is 19.6. The molecule has 8 nitrogen and oxygen atoms in total. The fourth-order valence-electron chi connectivity index (χ4n) is 4.47. The van der Waals surface area contributed by atoms with Gasteiger partial charge in [0.25, 0.3) is 0 Å². The highest BCUT2D eigenvalue weighted by Crippen LogP contribution is 2.40. The smallest absolute Gasteiger partial charge is 0.429 e. The van der Waals surface area contributed by atoms with Gasteiger partial charge in [0.1, 0.15) is 11.9 Å². The average molecular weight is 586 g/mol. The normalized spacial score (nSPS) is 17.1. The summed E-state index contributed by atoms with van der Waals surface area (Å²) in [5.74, 6) is -0.900. The second kappa shape index (κ2) is 12.4. The third-order valence-electron chi connectivity index (χ3n) is 6.35. The predicted octanol–water partition coefficient (Wildman–Crippen LogP) is 6.02. The highest BCUT2D eigenvalue weighted by atomic mass is 35.5. The van der Waals surface area contributed by atoms with E-state index in [0.717, 1.165) is 5.57 Å². The number of hydrogen-bond donors (Lipinski definition) is 2. The Kier molecular flexibility index (Phi) is 9.63. The van der Waals surface area contributed by atoms with Crippen molar-refractivity contribution in [2.75, 3.05) is 0 Å². The molecule has 4 rings (SSSR count). The van der Waals surface area contributed by atoms with Gasteiger partial charge in [0.2, 0.25) is 12.0 Å². The SMILES string of the molecule is Cc1ccn(-c2cc(Cl)ccc2C(Oc2cc(C3=CCC(CC(N)C(=O)O)CC3)nc(C)n2)C(F)(F)F)n1.Cl. The molecule has 3 aromatic rings. The van der Waals surface area contributed by atoms with E-state index in [1.165, 1.54) is 28.9 Å². The van der Waals surface area contributed by atoms with Crippen LogP contribution in [-0.2, 0) is 4.79 Å². The molecule has 2 heterocycles. The maximum atomic E-state index is 14.4. The number of rotatable bonds is 8. The molecule has 210 valence electrons. The van der Waals surface area contributed by atoms with Crippen LogP contribution >= 0.6 is 24.0 Å². The van der Waals surface area contributed by atoms with E-state index >= 15 is 0 Å². The van der Waals surface area contributed by atoms with E-state index < -0.39 is 24.3 Å². The minimum Gasteiger partial charge on any atom is -0.480 e. The number of halogens is 5. The Morgan fingerprint density at radius 1 is 1.26 bits per heavy atom. The second-order valence-electron chi connectivity index (χ2n) is 9.33. The van der Waals surface area contributed by atoms with Gasteiger partial charge < -0.3 is 15.6 Å². The quantitative estimate of drug-likeness (QED) is 0.332. The number of nitrogens with two attached hydrogens (primary N) is 1. The molecule has 0 radical (unpaired) electrons. The summed E-state index contributed by atoms with van der Waals surface area (Å²) in [6.45, 7) is 3.31. The molecule has 1 aromatic carbocycles. The molecule has 3 N–H and O–H groups in total. The Bertz CT molecular complexity index is 1360. The molecule has 0 aliphatic heterocycles. The van der Waals surface area contributed by atoms with Gasteiger partial charge in [-0.3, -0.25) is 4.79 Å². The summed E-state index contributed by atoms with van der Waals surface area (Å²) < 4.78 is 49.9. The fourth-order valence-corrected chi connectivity index (χ4v) is 4.64. The number of aromatic nitrogens is 4. The lowest BCUT2D eigenvalue weighted by Crippen LogP contribution is -2.32. The summed E-state index contributed by atoms with van der Waals surface area (Å²) in [5.41, 5.74) is 7.56. The van der Waals surface area contributed by atoms with Crippen molar-refractivity contribution >= 4 is 35.6 Å². The van der Waals surface area contributed by atoms with E-state index in [1.54, 1.807) is 26.1 Å². The molecule has 1 aliphatic carbocycles. The first-order valence-corrected chi connectivity index (χ1v) is 12.4. The zero-order valence-corrected chi connectivity index (χ0v) is 22.7. The van der Waals surface area contributed by atoms with Crippen LogP contribution in [0.25, 0.3) is 11.3 Å². The summed E-state index contributed by atoms with van der Waals surface area (Å²) in [7, 11) is 0. The lowest BCUT2D eigenvalue weighted by Gasteiger charge is -2.25.